The second kappa shape index (κ2) is 6.59. The molecule has 0 aromatic rings. The molecule has 0 radical (unpaired) electrons. The zero-order chi connectivity index (χ0) is 12.8. The fourth-order valence-electron chi connectivity index (χ4n) is 2.28. The van der Waals surface area contributed by atoms with Crippen LogP contribution in [0.1, 0.15) is 39.0 Å². The van der Waals surface area contributed by atoms with E-state index in [0.29, 0.717) is 25.8 Å². The van der Waals surface area contributed by atoms with Gasteiger partial charge in [-0.3, -0.25) is 9.59 Å². The summed E-state index contributed by atoms with van der Waals surface area (Å²) in [5.41, 5.74) is 5.54. The first kappa shape index (κ1) is 14.0. The summed E-state index contributed by atoms with van der Waals surface area (Å²) in [6.45, 7) is 2.53. The van der Waals surface area contributed by atoms with Gasteiger partial charge in [-0.2, -0.15) is 0 Å². The molecular weight excluding hydrogens is 220 g/mol. The molecule has 4 N–H and O–H groups in total. The van der Waals surface area contributed by atoms with Crippen molar-refractivity contribution in [2.75, 3.05) is 6.54 Å². The van der Waals surface area contributed by atoms with E-state index in [1.54, 1.807) is 0 Å². The van der Waals surface area contributed by atoms with Crippen molar-refractivity contribution in [1.29, 1.82) is 0 Å². The average Bonchev–Trinajstić information content (AvgIpc) is 2.74. The van der Waals surface area contributed by atoms with Gasteiger partial charge < -0.3 is 16.2 Å². The molecular formula is C12H22N2O3. The summed E-state index contributed by atoms with van der Waals surface area (Å²) in [5.74, 6) is -0.822. The van der Waals surface area contributed by atoms with Gasteiger partial charge in [0.1, 0.15) is 0 Å². The number of aliphatic carboxylic acids is 1. The molecule has 0 bridgehead atoms. The molecule has 3 atom stereocenters. The molecule has 0 aromatic heterocycles. The summed E-state index contributed by atoms with van der Waals surface area (Å²) in [7, 11) is 0. The van der Waals surface area contributed by atoms with Crippen molar-refractivity contribution in [2.45, 2.75) is 45.1 Å². The van der Waals surface area contributed by atoms with Crippen molar-refractivity contribution >= 4 is 11.9 Å². The number of nitrogens with one attached hydrogen (secondary N) is 1. The summed E-state index contributed by atoms with van der Waals surface area (Å²) in [6.07, 6.45) is 3.32. The van der Waals surface area contributed by atoms with Gasteiger partial charge in [-0.15, -0.1) is 0 Å². The number of hydrogen-bond acceptors (Lipinski definition) is 3. The lowest BCUT2D eigenvalue weighted by Gasteiger charge is -2.16. The number of carbonyl (C=O) groups excluding carboxylic acids is 1. The molecule has 0 saturated heterocycles. The zero-order valence-electron chi connectivity index (χ0n) is 10.3. The van der Waals surface area contributed by atoms with Crippen LogP contribution in [0.4, 0.5) is 0 Å². The summed E-state index contributed by atoms with van der Waals surface area (Å²) >= 11 is 0. The topological polar surface area (TPSA) is 92.4 Å². The molecule has 5 heteroatoms. The molecule has 0 aromatic carbocycles. The van der Waals surface area contributed by atoms with Crippen LogP contribution >= 0.6 is 0 Å². The van der Waals surface area contributed by atoms with E-state index in [1.807, 2.05) is 6.92 Å². The van der Waals surface area contributed by atoms with E-state index >= 15 is 0 Å². The first-order valence-corrected chi connectivity index (χ1v) is 6.29. The summed E-state index contributed by atoms with van der Waals surface area (Å²) in [4.78, 5) is 22.5. The normalized spacial score (nSPS) is 25.5. The first-order chi connectivity index (χ1) is 8.06. The van der Waals surface area contributed by atoms with E-state index in [-0.39, 0.29) is 23.8 Å². The molecule has 0 aliphatic heterocycles. The number of amides is 1. The minimum atomic E-state index is -0.754. The lowest BCUT2D eigenvalue weighted by atomic mass is 10.0. The van der Waals surface area contributed by atoms with Crippen LogP contribution in [0, 0.1) is 11.8 Å². The van der Waals surface area contributed by atoms with Crippen molar-refractivity contribution < 1.29 is 14.7 Å². The Bertz CT molecular complexity index is 277. The molecule has 0 spiro atoms. The van der Waals surface area contributed by atoms with Crippen LogP contribution in [0.5, 0.6) is 0 Å². The highest BCUT2D eigenvalue weighted by atomic mass is 16.4. The SMILES string of the molecule is CCC(CN)CC(=O)N[C@H]1CC[C@@H](C(=O)O)C1. The zero-order valence-corrected chi connectivity index (χ0v) is 10.3. The van der Waals surface area contributed by atoms with Crippen LogP contribution in [-0.2, 0) is 9.59 Å². The minimum Gasteiger partial charge on any atom is -0.481 e. The number of carbonyl (C=O) groups is 2. The largest absolute Gasteiger partial charge is 0.481 e. The second-order valence-corrected chi connectivity index (χ2v) is 4.83. The van der Waals surface area contributed by atoms with Gasteiger partial charge in [-0.1, -0.05) is 13.3 Å². The van der Waals surface area contributed by atoms with Crippen LogP contribution < -0.4 is 11.1 Å². The Morgan fingerprint density at radius 1 is 1.47 bits per heavy atom. The van der Waals surface area contributed by atoms with Gasteiger partial charge in [-0.05, 0) is 31.7 Å². The Kier molecular flexibility index (Phi) is 5.41. The average molecular weight is 242 g/mol. The minimum absolute atomic E-state index is 0.00154. The molecule has 98 valence electrons. The number of carboxylic acids is 1. The van der Waals surface area contributed by atoms with Gasteiger partial charge in [0.15, 0.2) is 0 Å². The third-order valence-electron chi connectivity index (χ3n) is 3.53. The third-order valence-corrected chi connectivity index (χ3v) is 3.53. The Hall–Kier alpha value is -1.10. The summed E-state index contributed by atoms with van der Waals surface area (Å²) < 4.78 is 0. The molecule has 1 aliphatic carbocycles. The molecule has 1 amide bonds. The fraction of sp³-hybridized carbons (Fsp3) is 0.833. The van der Waals surface area contributed by atoms with Gasteiger partial charge in [0.25, 0.3) is 0 Å². The maximum Gasteiger partial charge on any atom is 0.306 e. The van der Waals surface area contributed by atoms with E-state index in [1.165, 1.54) is 0 Å². The molecule has 0 heterocycles. The Balaban J connectivity index is 2.30. The quantitative estimate of drug-likeness (QED) is 0.640. The highest BCUT2D eigenvalue weighted by molar-refractivity contribution is 5.77. The predicted octanol–water partition coefficient (Wildman–Crippen LogP) is 0.731. The summed E-state index contributed by atoms with van der Waals surface area (Å²) in [6, 6.07) is 0.0267. The predicted molar refractivity (Wildman–Crippen MR) is 64.4 cm³/mol. The molecule has 17 heavy (non-hydrogen) atoms. The highest BCUT2D eigenvalue weighted by Crippen LogP contribution is 2.25. The standard InChI is InChI=1S/C12H22N2O3/c1-2-8(7-13)5-11(15)14-10-4-3-9(6-10)12(16)17/h8-10H,2-7,13H2,1H3,(H,14,15)(H,16,17)/t8?,9-,10+/m1/s1. The molecule has 1 aliphatic rings. The third kappa shape index (κ3) is 4.34. The van der Waals surface area contributed by atoms with Crippen molar-refractivity contribution in [3.63, 3.8) is 0 Å². The molecule has 1 saturated carbocycles. The van der Waals surface area contributed by atoms with E-state index in [2.05, 4.69) is 5.32 Å². The first-order valence-electron chi connectivity index (χ1n) is 6.29. The maximum atomic E-state index is 11.7. The number of carboxylic acid groups (broad SMARTS) is 1. The molecule has 5 nitrogen and oxygen atoms in total. The van der Waals surface area contributed by atoms with E-state index < -0.39 is 5.97 Å². The van der Waals surface area contributed by atoms with Crippen molar-refractivity contribution in [3.8, 4) is 0 Å². The Labute approximate surface area is 102 Å². The molecule has 1 rings (SSSR count). The van der Waals surface area contributed by atoms with Gasteiger partial charge in [-0.25, -0.2) is 0 Å². The smallest absolute Gasteiger partial charge is 0.306 e. The molecule has 1 fully saturated rings. The van der Waals surface area contributed by atoms with E-state index in [0.717, 1.165) is 12.8 Å². The second-order valence-electron chi connectivity index (χ2n) is 4.83. The monoisotopic (exact) mass is 242 g/mol. The van der Waals surface area contributed by atoms with Crippen LogP contribution in [0.25, 0.3) is 0 Å². The van der Waals surface area contributed by atoms with E-state index in [9.17, 15) is 9.59 Å². The lowest BCUT2D eigenvalue weighted by molar-refractivity contribution is -0.141. The molecule has 1 unspecified atom stereocenters. The highest BCUT2D eigenvalue weighted by Gasteiger charge is 2.30. The van der Waals surface area contributed by atoms with Crippen molar-refractivity contribution in [3.05, 3.63) is 0 Å². The van der Waals surface area contributed by atoms with Crippen molar-refractivity contribution in [2.24, 2.45) is 17.6 Å². The number of nitrogens with two attached hydrogens (primary N) is 1. The Morgan fingerprint density at radius 2 is 2.18 bits per heavy atom. The van der Waals surface area contributed by atoms with Gasteiger partial charge in [0.2, 0.25) is 5.91 Å². The van der Waals surface area contributed by atoms with Crippen molar-refractivity contribution in [1.82, 2.24) is 5.32 Å². The maximum absolute atomic E-state index is 11.7. The number of hydrogen-bond donors (Lipinski definition) is 3. The van der Waals surface area contributed by atoms with Crippen LogP contribution in [0.3, 0.4) is 0 Å². The number of rotatable bonds is 6. The van der Waals surface area contributed by atoms with Crippen LogP contribution in [0.15, 0.2) is 0 Å². The summed E-state index contributed by atoms with van der Waals surface area (Å²) in [5, 5.41) is 11.8. The van der Waals surface area contributed by atoms with Crippen LogP contribution in [0.2, 0.25) is 0 Å². The lowest BCUT2D eigenvalue weighted by Crippen LogP contribution is -2.35. The van der Waals surface area contributed by atoms with Gasteiger partial charge in [0.05, 0.1) is 5.92 Å². The fourth-order valence-corrected chi connectivity index (χ4v) is 2.28. The van der Waals surface area contributed by atoms with Gasteiger partial charge in [0, 0.05) is 12.5 Å². The van der Waals surface area contributed by atoms with E-state index in [4.69, 9.17) is 10.8 Å². The Morgan fingerprint density at radius 3 is 2.65 bits per heavy atom. The van der Waals surface area contributed by atoms with Gasteiger partial charge >= 0.3 is 5.97 Å². The van der Waals surface area contributed by atoms with Crippen LogP contribution in [-0.4, -0.2) is 29.6 Å².